The molecular formula is C22H21FN4O4S2. The molecule has 1 aromatic carbocycles. The summed E-state index contributed by atoms with van der Waals surface area (Å²) in [6.07, 6.45) is 2.02. The number of nitrogens with one attached hydrogen (secondary N) is 2. The molecule has 11 heteroatoms. The van der Waals surface area contributed by atoms with E-state index in [-0.39, 0.29) is 30.1 Å². The number of hydrogen-bond acceptors (Lipinski definition) is 8. The monoisotopic (exact) mass is 488 g/mol. The quantitative estimate of drug-likeness (QED) is 0.461. The van der Waals surface area contributed by atoms with E-state index in [1.807, 2.05) is 0 Å². The standard InChI is InChI=1S/C22H21FN4O4S2/c1-2-31-20(30)15-8-9-16-18(15)26-22(33-16)25-17(28)10-7-14-11-32-21(24-14)27-19(29)12-3-5-13(23)6-4-12/h3-6,11,15H,2,7-10H2,1H3,(H,24,27,29)(H,25,26,28). The minimum atomic E-state index is -0.414. The molecule has 1 unspecified atom stereocenters. The molecule has 0 aliphatic heterocycles. The van der Waals surface area contributed by atoms with E-state index in [1.165, 1.54) is 46.9 Å². The summed E-state index contributed by atoms with van der Waals surface area (Å²) in [7, 11) is 0. The minimum Gasteiger partial charge on any atom is -0.465 e. The number of rotatable bonds is 8. The summed E-state index contributed by atoms with van der Waals surface area (Å²) in [6.45, 7) is 2.10. The van der Waals surface area contributed by atoms with E-state index >= 15 is 0 Å². The van der Waals surface area contributed by atoms with Crippen LogP contribution >= 0.6 is 22.7 Å². The van der Waals surface area contributed by atoms with Crippen LogP contribution in [0.5, 0.6) is 0 Å². The third-order valence-electron chi connectivity index (χ3n) is 5.02. The normalized spacial score (nSPS) is 14.5. The van der Waals surface area contributed by atoms with Crippen LogP contribution in [0.15, 0.2) is 29.6 Å². The Morgan fingerprint density at radius 1 is 1.15 bits per heavy atom. The van der Waals surface area contributed by atoms with Crippen molar-refractivity contribution in [1.29, 1.82) is 0 Å². The number of aromatic nitrogens is 2. The number of fused-ring (bicyclic) bond motifs is 1. The summed E-state index contributed by atoms with van der Waals surface area (Å²) in [5.74, 6) is -1.64. The largest absolute Gasteiger partial charge is 0.465 e. The van der Waals surface area contributed by atoms with Crippen molar-refractivity contribution in [2.45, 2.75) is 38.5 Å². The zero-order chi connectivity index (χ0) is 23.4. The van der Waals surface area contributed by atoms with Gasteiger partial charge in [0.25, 0.3) is 5.91 Å². The molecular weight excluding hydrogens is 467 g/mol. The van der Waals surface area contributed by atoms with Crippen molar-refractivity contribution in [2.75, 3.05) is 17.2 Å². The Hall–Kier alpha value is -3.18. The highest BCUT2D eigenvalue weighted by molar-refractivity contribution is 7.16. The molecule has 2 aromatic heterocycles. The van der Waals surface area contributed by atoms with E-state index in [9.17, 15) is 18.8 Å². The maximum Gasteiger partial charge on any atom is 0.315 e. The molecule has 0 bridgehead atoms. The van der Waals surface area contributed by atoms with Gasteiger partial charge in [-0.3, -0.25) is 19.7 Å². The van der Waals surface area contributed by atoms with Crippen LogP contribution in [0.4, 0.5) is 14.7 Å². The first-order valence-corrected chi connectivity index (χ1v) is 12.1. The fourth-order valence-corrected chi connectivity index (χ4v) is 5.22. The Balaban J connectivity index is 1.27. The van der Waals surface area contributed by atoms with E-state index in [1.54, 1.807) is 12.3 Å². The van der Waals surface area contributed by atoms with Gasteiger partial charge in [-0.05, 0) is 50.5 Å². The van der Waals surface area contributed by atoms with Gasteiger partial charge < -0.3 is 10.1 Å². The molecule has 0 radical (unpaired) electrons. The SMILES string of the molecule is CCOC(=O)C1CCc2sc(NC(=O)CCc3csc(NC(=O)c4ccc(F)cc4)n3)nc21. The van der Waals surface area contributed by atoms with Crippen molar-refractivity contribution in [3.8, 4) is 0 Å². The van der Waals surface area contributed by atoms with E-state index in [4.69, 9.17) is 4.74 Å². The summed E-state index contributed by atoms with van der Waals surface area (Å²) in [5.41, 5.74) is 1.71. The number of esters is 1. The molecule has 3 aromatic rings. The summed E-state index contributed by atoms with van der Waals surface area (Å²) >= 11 is 2.64. The van der Waals surface area contributed by atoms with Gasteiger partial charge in [-0.15, -0.1) is 22.7 Å². The van der Waals surface area contributed by atoms with Gasteiger partial charge in [-0.1, -0.05) is 0 Å². The molecule has 1 aliphatic carbocycles. The number of carbonyl (C=O) groups excluding carboxylic acids is 3. The maximum absolute atomic E-state index is 13.0. The summed E-state index contributed by atoms with van der Waals surface area (Å²) < 4.78 is 18.1. The third-order valence-corrected chi connectivity index (χ3v) is 6.87. The van der Waals surface area contributed by atoms with Gasteiger partial charge in [0, 0.05) is 22.2 Å². The van der Waals surface area contributed by atoms with Crippen molar-refractivity contribution in [3.05, 3.63) is 57.3 Å². The molecule has 0 spiro atoms. The molecule has 4 rings (SSSR count). The number of nitrogens with zero attached hydrogens (tertiary/aromatic N) is 2. The number of carbonyl (C=O) groups is 3. The highest BCUT2D eigenvalue weighted by Gasteiger charge is 2.33. The molecule has 1 atom stereocenters. The number of benzene rings is 1. The topological polar surface area (TPSA) is 110 Å². The van der Waals surface area contributed by atoms with Gasteiger partial charge in [0.2, 0.25) is 5.91 Å². The number of aryl methyl sites for hydroxylation is 2. The molecule has 2 N–H and O–H groups in total. The Labute approximate surface area is 197 Å². The van der Waals surface area contributed by atoms with Crippen LogP contribution in [-0.4, -0.2) is 34.4 Å². The third kappa shape index (κ3) is 5.60. The van der Waals surface area contributed by atoms with E-state index in [2.05, 4.69) is 20.6 Å². The second-order valence-corrected chi connectivity index (χ2v) is 9.27. The molecule has 172 valence electrons. The number of thiazole rings is 2. The number of anilines is 2. The zero-order valence-electron chi connectivity index (χ0n) is 17.7. The van der Waals surface area contributed by atoms with Crippen LogP contribution in [-0.2, 0) is 27.2 Å². The number of amides is 2. The Morgan fingerprint density at radius 2 is 1.94 bits per heavy atom. The Morgan fingerprint density at radius 3 is 2.70 bits per heavy atom. The fourth-order valence-electron chi connectivity index (χ4n) is 3.43. The van der Waals surface area contributed by atoms with Crippen LogP contribution in [0, 0.1) is 5.82 Å². The van der Waals surface area contributed by atoms with Crippen LogP contribution in [0.3, 0.4) is 0 Å². The molecule has 0 saturated carbocycles. The van der Waals surface area contributed by atoms with E-state index in [0.29, 0.717) is 46.7 Å². The average molecular weight is 489 g/mol. The molecule has 0 saturated heterocycles. The summed E-state index contributed by atoms with van der Waals surface area (Å²) in [4.78, 5) is 46.4. The highest BCUT2D eigenvalue weighted by Crippen LogP contribution is 2.39. The smallest absolute Gasteiger partial charge is 0.315 e. The fraction of sp³-hybridized carbons (Fsp3) is 0.318. The first-order chi connectivity index (χ1) is 15.9. The van der Waals surface area contributed by atoms with Crippen LogP contribution in [0.25, 0.3) is 0 Å². The van der Waals surface area contributed by atoms with E-state index < -0.39 is 5.82 Å². The first-order valence-electron chi connectivity index (χ1n) is 10.4. The minimum absolute atomic E-state index is 0.195. The zero-order valence-corrected chi connectivity index (χ0v) is 19.4. The number of halogens is 1. The lowest BCUT2D eigenvalue weighted by Crippen LogP contribution is -2.15. The molecule has 0 fully saturated rings. The second-order valence-electron chi connectivity index (χ2n) is 7.32. The van der Waals surface area contributed by atoms with Gasteiger partial charge in [0.05, 0.1) is 18.0 Å². The van der Waals surface area contributed by atoms with Crippen molar-refractivity contribution in [2.24, 2.45) is 0 Å². The van der Waals surface area contributed by atoms with Gasteiger partial charge in [-0.25, -0.2) is 14.4 Å². The van der Waals surface area contributed by atoms with Gasteiger partial charge in [-0.2, -0.15) is 0 Å². The second kappa shape index (κ2) is 10.2. The number of hydrogen-bond donors (Lipinski definition) is 2. The molecule has 1 aliphatic rings. The van der Waals surface area contributed by atoms with E-state index in [0.717, 1.165) is 11.3 Å². The molecule has 2 amide bonds. The van der Waals surface area contributed by atoms with Crippen LogP contribution in [0.1, 0.15) is 52.3 Å². The number of ether oxygens (including phenoxy) is 1. The lowest BCUT2D eigenvalue weighted by atomic mass is 10.1. The summed E-state index contributed by atoms with van der Waals surface area (Å²) in [5, 5.41) is 8.11. The predicted molar refractivity (Wildman–Crippen MR) is 123 cm³/mol. The maximum atomic E-state index is 13.0. The van der Waals surface area contributed by atoms with Crippen molar-refractivity contribution >= 4 is 50.7 Å². The molecule has 33 heavy (non-hydrogen) atoms. The van der Waals surface area contributed by atoms with Crippen LogP contribution in [0.2, 0.25) is 0 Å². The Bertz CT molecular complexity index is 1180. The molecule has 8 nitrogen and oxygen atoms in total. The lowest BCUT2D eigenvalue weighted by molar-refractivity contribution is -0.145. The highest BCUT2D eigenvalue weighted by atomic mass is 32.1. The van der Waals surface area contributed by atoms with Gasteiger partial charge in [0.1, 0.15) is 11.7 Å². The summed E-state index contributed by atoms with van der Waals surface area (Å²) in [6, 6.07) is 5.23. The average Bonchev–Trinajstić information content (AvgIpc) is 3.49. The first kappa shape index (κ1) is 23.0. The van der Waals surface area contributed by atoms with Crippen molar-refractivity contribution in [1.82, 2.24) is 9.97 Å². The Kier molecular flexibility index (Phi) is 7.09. The van der Waals surface area contributed by atoms with Crippen molar-refractivity contribution < 1.29 is 23.5 Å². The van der Waals surface area contributed by atoms with Gasteiger partial charge in [0.15, 0.2) is 10.3 Å². The van der Waals surface area contributed by atoms with Crippen LogP contribution < -0.4 is 10.6 Å². The molecule has 2 heterocycles. The van der Waals surface area contributed by atoms with Gasteiger partial charge >= 0.3 is 5.97 Å². The van der Waals surface area contributed by atoms with Crippen molar-refractivity contribution in [3.63, 3.8) is 0 Å². The predicted octanol–water partition coefficient (Wildman–Crippen LogP) is 4.16. The lowest BCUT2D eigenvalue weighted by Gasteiger charge is -2.07.